The van der Waals surface area contributed by atoms with E-state index in [0.29, 0.717) is 12.5 Å². The van der Waals surface area contributed by atoms with Crippen molar-refractivity contribution in [3.8, 4) is 5.75 Å². The molecule has 2 aromatic carbocycles. The summed E-state index contributed by atoms with van der Waals surface area (Å²) in [4.78, 5) is 7.13. The second-order valence-corrected chi connectivity index (χ2v) is 6.57. The first-order valence-electron chi connectivity index (χ1n) is 9.27. The van der Waals surface area contributed by atoms with Gasteiger partial charge in [0.1, 0.15) is 5.75 Å². The quantitative estimate of drug-likeness (QED) is 0.369. The fraction of sp³-hybridized carbons (Fsp3) is 0.381. The number of hydrogen-bond donors (Lipinski definition) is 2. The highest BCUT2D eigenvalue weighted by molar-refractivity contribution is 14.0. The Morgan fingerprint density at radius 3 is 2.44 bits per heavy atom. The second-order valence-electron chi connectivity index (χ2n) is 6.57. The zero-order chi connectivity index (χ0) is 18.2. The number of hydrogen-bond acceptors (Lipinski definition) is 3. The molecule has 146 valence electrons. The summed E-state index contributed by atoms with van der Waals surface area (Å²) in [6, 6.07) is 18.3. The van der Waals surface area contributed by atoms with Crippen LogP contribution in [0.15, 0.2) is 59.6 Å². The lowest BCUT2D eigenvalue weighted by molar-refractivity contribution is 0.165. The maximum absolute atomic E-state index is 6.12. The Bertz CT molecular complexity index is 717. The van der Waals surface area contributed by atoms with Gasteiger partial charge in [0.05, 0.1) is 19.7 Å². The highest BCUT2D eigenvalue weighted by Crippen LogP contribution is 2.31. The Labute approximate surface area is 179 Å². The minimum absolute atomic E-state index is 0. The van der Waals surface area contributed by atoms with Crippen molar-refractivity contribution < 1.29 is 4.74 Å². The molecule has 0 aromatic heterocycles. The van der Waals surface area contributed by atoms with E-state index in [4.69, 9.17) is 10.5 Å². The van der Waals surface area contributed by atoms with Crippen LogP contribution in [0.1, 0.15) is 30.9 Å². The third kappa shape index (κ3) is 6.10. The molecule has 0 bridgehead atoms. The molecule has 0 amide bonds. The normalized spacial score (nSPS) is 16.3. The van der Waals surface area contributed by atoms with Crippen molar-refractivity contribution in [2.75, 3.05) is 32.1 Å². The minimum Gasteiger partial charge on any atom is -0.496 e. The van der Waals surface area contributed by atoms with Gasteiger partial charge in [0.2, 0.25) is 0 Å². The number of piperidine rings is 1. The zero-order valence-corrected chi connectivity index (χ0v) is 18.1. The van der Waals surface area contributed by atoms with Crippen molar-refractivity contribution in [1.82, 2.24) is 4.90 Å². The monoisotopic (exact) mass is 480 g/mol. The molecule has 1 aliphatic rings. The summed E-state index contributed by atoms with van der Waals surface area (Å²) in [6.07, 6.45) is 3.76. The van der Waals surface area contributed by atoms with Crippen molar-refractivity contribution in [2.45, 2.75) is 25.3 Å². The number of nitrogens with zero attached hydrogens (tertiary/aromatic N) is 2. The van der Waals surface area contributed by atoms with Crippen LogP contribution in [0.5, 0.6) is 5.75 Å². The van der Waals surface area contributed by atoms with Crippen molar-refractivity contribution in [1.29, 1.82) is 0 Å². The lowest BCUT2D eigenvalue weighted by Crippen LogP contribution is -2.36. The largest absolute Gasteiger partial charge is 0.496 e. The number of para-hydroxylation sites is 2. The van der Waals surface area contributed by atoms with Gasteiger partial charge in [0.25, 0.3) is 0 Å². The van der Waals surface area contributed by atoms with Crippen LogP contribution in [0, 0.1) is 0 Å². The lowest BCUT2D eigenvalue weighted by atomic mass is 10.0. The Hall–Kier alpha value is -1.80. The fourth-order valence-corrected chi connectivity index (χ4v) is 3.48. The lowest BCUT2D eigenvalue weighted by Gasteiger charge is -2.34. The third-order valence-electron chi connectivity index (χ3n) is 4.81. The maximum Gasteiger partial charge on any atom is 0.193 e. The number of methoxy groups -OCH3 is 1. The van der Waals surface area contributed by atoms with E-state index in [1.165, 1.54) is 24.8 Å². The van der Waals surface area contributed by atoms with E-state index in [9.17, 15) is 0 Å². The molecular weight excluding hydrogens is 451 g/mol. The number of ether oxygens (including phenoxy) is 1. The van der Waals surface area contributed by atoms with Gasteiger partial charge in [-0.25, -0.2) is 0 Å². The summed E-state index contributed by atoms with van der Waals surface area (Å²) in [5.74, 6) is 1.35. The molecule has 1 unspecified atom stereocenters. The summed E-state index contributed by atoms with van der Waals surface area (Å²) < 4.78 is 5.60. The van der Waals surface area contributed by atoms with E-state index < -0.39 is 0 Å². The van der Waals surface area contributed by atoms with Crippen LogP contribution in [0.2, 0.25) is 0 Å². The molecule has 1 saturated heterocycles. The van der Waals surface area contributed by atoms with Crippen LogP contribution in [0.4, 0.5) is 5.69 Å². The van der Waals surface area contributed by atoms with E-state index in [0.717, 1.165) is 24.5 Å². The molecule has 0 aliphatic carbocycles. The van der Waals surface area contributed by atoms with Gasteiger partial charge < -0.3 is 15.8 Å². The van der Waals surface area contributed by atoms with Crippen molar-refractivity contribution in [3.63, 3.8) is 0 Å². The van der Waals surface area contributed by atoms with Crippen LogP contribution in [0.3, 0.4) is 0 Å². The molecule has 1 atom stereocenters. The summed E-state index contributed by atoms with van der Waals surface area (Å²) in [5.41, 5.74) is 8.24. The van der Waals surface area contributed by atoms with Gasteiger partial charge in [-0.2, -0.15) is 0 Å². The molecule has 1 heterocycles. The van der Waals surface area contributed by atoms with Crippen LogP contribution >= 0.6 is 24.0 Å². The zero-order valence-electron chi connectivity index (χ0n) is 15.8. The van der Waals surface area contributed by atoms with E-state index in [2.05, 4.69) is 27.3 Å². The first kappa shape index (κ1) is 21.5. The minimum atomic E-state index is 0. The first-order valence-corrected chi connectivity index (χ1v) is 9.27. The van der Waals surface area contributed by atoms with Crippen molar-refractivity contribution in [2.24, 2.45) is 10.7 Å². The van der Waals surface area contributed by atoms with Gasteiger partial charge >= 0.3 is 0 Å². The van der Waals surface area contributed by atoms with Crippen LogP contribution < -0.4 is 15.8 Å². The van der Waals surface area contributed by atoms with Crippen molar-refractivity contribution >= 4 is 35.6 Å². The van der Waals surface area contributed by atoms with Gasteiger partial charge in [-0.05, 0) is 44.1 Å². The molecule has 6 heteroatoms. The fourth-order valence-electron chi connectivity index (χ4n) is 3.48. The molecular formula is C21H29IN4O. The Morgan fingerprint density at radius 2 is 1.74 bits per heavy atom. The predicted octanol–water partition coefficient (Wildman–Crippen LogP) is 4.27. The van der Waals surface area contributed by atoms with Crippen LogP contribution in [0.25, 0.3) is 0 Å². The number of likely N-dealkylation sites (tertiary alicyclic amines) is 1. The average Bonchev–Trinajstić information content (AvgIpc) is 2.70. The highest BCUT2D eigenvalue weighted by Gasteiger charge is 2.24. The predicted molar refractivity (Wildman–Crippen MR) is 123 cm³/mol. The van der Waals surface area contributed by atoms with Gasteiger partial charge in [0.15, 0.2) is 5.96 Å². The van der Waals surface area contributed by atoms with E-state index in [1.54, 1.807) is 7.11 Å². The van der Waals surface area contributed by atoms with E-state index in [1.807, 2.05) is 42.5 Å². The second kappa shape index (κ2) is 11.1. The van der Waals surface area contributed by atoms with Crippen LogP contribution in [-0.4, -0.2) is 37.6 Å². The summed E-state index contributed by atoms with van der Waals surface area (Å²) in [7, 11) is 1.72. The molecule has 0 saturated carbocycles. The number of anilines is 1. The number of nitrogens with one attached hydrogen (secondary N) is 1. The SMILES string of the molecule is COc1ccccc1C(CN=C(N)Nc1ccccc1)N1CCCCC1.I. The topological polar surface area (TPSA) is 62.9 Å². The Kier molecular flexibility index (Phi) is 8.87. The molecule has 5 nitrogen and oxygen atoms in total. The number of rotatable bonds is 6. The molecule has 2 aromatic rings. The number of halogens is 1. The van der Waals surface area contributed by atoms with E-state index >= 15 is 0 Å². The molecule has 1 fully saturated rings. The molecule has 0 spiro atoms. The summed E-state index contributed by atoms with van der Waals surface area (Å²) in [6.45, 7) is 2.78. The Morgan fingerprint density at radius 1 is 1.07 bits per heavy atom. The van der Waals surface area contributed by atoms with Gasteiger partial charge in [-0.15, -0.1) is 24.0 Å². The third-order valence-corrected chi connectivity index (χ3v) is 4.81. The Balaban J connectivity index is 0.00000261. The summed E-state index contributed by atoms with van der Waals surface area (Å²) >= 11 is 0. The first-order chi connectivity index (χ1) is 12.8. The molecule has 0 radical (unpaired) electrons. The number of guanidine groups is 1. The van der Waals surface area contributed by atoms with Crippen molar-refractivity contribution in [3.05, 3.63) is 60.2 Å². The summed E-state index contributed by atoms with van der Waals surface area (Å²) in [5, 5.41) is 3.16. The number of nitrogens with two attached hydrogens (primary N) is 1. The smallest absolute Gasteiger partial charge is 0.193 e. The van der Waals surface area contributed by atoms with Gasteiger partial charge in [0, 0.05) is 11.3 Å². The molecule has 3 rings (SSSR count). The molecule has 27 heavy (non-hydrogen) atoms. The maximum atomic E-state index is 6.12. The average molecular weight is 480 g/mol. The van der Waals surface area contributed by atoms with Crippen LogP contribution in [-0.2, 0) is 0 Å². The van der Waals surface area contributed by atoms with Gasteiger partial charge in [-0.1, -0.05) is 42.8 Å². The number of benzene rings is 2. The highest BCUT2D eigenvalue weighted by atomic mass is 127. The number of aliphatic imine (C=N–C) groups is 1. The standard InChI is InChI=1S/C21H28N4O.HI/c1-26-20-13-7-6-12-18(20)19(25-14-8-3-9-15-25)16-23-21(22)24-17-10-4-2-5-11-17;/h2,4-7,10-13,19H,3,8-9,14-16H2,1H3,(H3,22,23,24);1H. The van der Waals surface area contributed by atoms with Gasteiger partial charge in [-0.3, -0.25) is 9.89 Å². The molecule has 3 N–H and O–H groups in total. The molecule has 1 aliphatic heterocycles. The van der Waals surface area contributed by atoms with E-state index in [-0.39, 0.29) is 30.0 Å².